The zero-order valence-corrected chi connectivity index (χ0v) is 14.9. The van der Waals surface area contributed by atoms with Crippen LogP contribution in [0, 0.1) is 11.3 Å². The third kappa shape index (κ3) is 4.37. The number of amides is 1. The lowest BCUT2D eigenvalue weighted by atomic mass is 10.2. The highest BCUT2D eigenvalue weighted by atomic mass is 32.2. The number of hydrogen-bond acceptors (Lipinski definition) is 4. The fraction of sp³-hybridized carbons (Fsp3) is 0.222. The maximum absolute atomic E-state index is 12.5. The SMILES string of the molecule is CCN(CC)C(=O)c1cccc(NS(=O)(=O)c2cccc(C#N)c2)c1. The van der Waals surface area contributed by atoms with Crippen LogP contribution >= 0.6 is 0 Å². The second-order valence-corrected chi connectivity index (χ2v) is 6.99. The van der Waals surface area contributed by atoms with Crippen molar-refractivity contribution in [1.29, 1.82) is 5.26 Å². The van der Waals surface area contributed by atoms with Crippen molar-refractivity contribution in [3.8, 4) is 6.07 Å². The molecule has 1 N–H and O–H groups in total. The molecule has 0 heterocycles. The Morgan fingerprint density at radius 1 is 1.12 bits per heavy atom. The van der Waals surface area contributed by atoms with Crippen molar-refractivity contribution >= 4 is 21.6 Å². The Bertz CT molecular complexity index is 913. The lowest BCUT2D eigenvalue weighted by Crippen LogP contribution is -2.30. The highest BCUT2D eigenvalue weighted by Crippen LogP contribution is 2.19. The van der Waals surface area contributed by atoms with Crippen molar-refractivity contribution in [2.75, 3.05) is 17.8 Å². The van der Waals surface area contributed by atoms with E-state index in [-0.39, 0.29) is 16.4 Å². The minimum absolute atomic E-state index is 0.00739. The molecular formula is C18H19N3O3S. The molecule has 2 aromatic carbocycles. The fourth-order valence-electron chi connectivity index (χ4n) is 2.36. The van der Waals surface area contributed by atoms with E-state index in [4.69, 9.17) is 5.26 Å². The molecule has 0 aliphatic rings. The molecule has 0 aliphatic carbocycles. The Hall–Kier alpha value is -2.85. The first-order valence-electron chi connectivity index (χ1n) is 7.83. The van der Waals surface area contributed by atoms with E-state index in [1.807, 2.05) is 19.9 Å². The van der Waals surface area contributed by atoms with Gasteiger partial charge >= 0.3 is 0 Å². The predicted octanol–water partition coefficient (Wildman–Crippen LogP) is 2.84. The van der Waals surface area contributed by atoms with Gasteiger partial charge in [0.2, 0.25) is 0 Å². The summed E-state index contributed by atoms with van der Waals surface area (Å²) in [5.41, 5.74) is 0.961. The van der Waals surface area contributed by atoms with Gasteiger partial charge in [0, 0.05) is 24.3 Å². The van der Waals surface area contributed by atoms with Gasteiger partial charge in [0.15, 0.2) is 0 Å². The summed E-state index contributed by atoms with van der Waals surface area (Å²) in [7, 11) is -3.85. The highest BCUT2D eigenvalue weighted by Gasteiger charge is 2.17. The molecule has 6 nitrogen and oxygen atoms in total. The second kappa shape index (κ2) is 7.81. The molecule has 2 aromatic rings. The van der Waals surface area contributed by atoms with Crippen LogP contribution in [0.25, 0.3) is 0 Å². The largest absolute Gasteiger partial charge is 0.339 e. The van der Waals surface area contributed by atoms with E-state index in [0.717, 1.165) is 0 Å². The van der Waals surface area contributed by atoms with Gasteiger partial charge in [0.25, 0.3) is 15.9 Å². The van der Waals surface area contributed by atoms with Crippen molar-refractivity contribution < 1.29 is 13.2 Å². The number of carbonyl (C=O) groups excluding carboxylic acids is 1. The lowest BCUT2D eigenvalue weighted by Gasteiger charge is -2.19. The topological polar surface area (TPSA) is 90.3 Å². The molecule has 130 valence electrons. The zero-order chi connectivity index (χ0) is 18.4. The number of carbonyl (C=O) groups is 1. The number of nitrogens with zero attached hydrogens (tertiary/aromatic N) is 2. The first-order chi connectivity index (χ1) is 11.9. The molecule has 7 heteroatoms. The molecule has 1 amide bonds. The zero-order valence-electron chi connectivity index (χ0n) is 14.1. The molecule has 2 rings (SSSR count). The smallest absolute Gasteiger partial charge is 0.261 e. The van der Waals surface area contributed by atoms with Gasteiger partial charge in [0.1, 0.15) is 0 Å². The number of sulfonamides is 1. The van der Waals surface area contributed by atoms with E-state index >= 15 is 0 Å². The maximum Gasteiger partial charge on any atom is 0.261 e. The first-order valence-corrected chi connectivity index (χ1v) is 9.32. The molecule has 0 aliphatic heterocycles. The minimum Gasteiger partial charge on any atom is -0.339 e. The van der Waals surface area contributed by atoms with Crippen LogP contribution in [0.3, 0.4) is 0 Å². The third-order valence-electron chi connectivity index (χ3n) is 3.69. The molecule has 0 radical (unpaired) electrons. The molecular weight excluding hydrogens is 338 g/mol. The van der Waals surface area contributed by atoms with Gasteiger partial charge in [0.05, 0.1) is 16.5 Å². The monoisotopic (exact) mass is 357 g/mol. The highest BCUT2D eigenvalue weighted by molar-refractivity contribution is 7.92. The van der Waals surface area contributed by atoms with Crippen LogP contribution in [0.5, 0.6) is 0 Å². The first kappa shape index (κ1) is 18.5. The van der Waals surface area contributed by atoms with E-state index in [0.29, 0.717) is 24.3 Å². The Balaban J connectivity index is 2.30. The average Bonchev–Trinajstić information content (AvgIpc) is 2.62. The van der Waals surface area contributed by atoms with Crippen LogP contribution in [0.4, 0.5) is 5.69 Å². The van der Waals surface area contributed by atoms with Crippen molar-refractivity contribution in [3.63, 3.8) is 0 Å². The molecule has 0 spiro atoms. The van der Waals surface area contributed by atoms with Crippen LogP contribution in [0.2, 0.25) is 0 Å². The van der Waals surface area contributed by atoms with E-state index in [2.05, 4.69) is 4.72 Å². The Labute approximate surface area is 147 Å². The molecule has 0 unspecified atom stereocenters. The minimum atomic E-state index is -3.85. The van der Waals surface area contributed by atoms with E-state index in [1.54, 1.807) is 23.1 Å². The predicted molar refractivity (Wildman–Crippen MR) is 95.7 cm³/mol. The van der Waals surface area contributed by atoms with Crippen LogP contribution in [0.1, 0.15) is 29.8 Å². The molecule has 0 atom stereocenters. The number of hydrogen-bond donors (Lipinski definition) is 1. The standard InChI is InChI=1S/C18H19N3O3S/c1-3-21(4-2)18(22)15-8-6-9-16(12-15)20-25(23,24)17-10-5-7-14(11-17)13-19/h5-12,20H,3-4H2,1-2H3. The van der Waals surface area contributed by atoms with Crippen molar-refractivity contribution in [2.45, 2.75) is 18.7 Å². The van der Waals surface area contributed by atoms with Crippen molar-refractivity contribution in [2.24, 2.45) is 0 Å². The van der Waals surface area contributed by atoms with Crippen molar-refractivity contribution in [1.82, 2.24) is 4.90 Å². The van der Waals surface area contributed by atoms with E-state index in [9.17, 15) is 13.2 Å². The number of nitrogens with one attached hydrogen (secondary N) is 1. The molecule has 25 heavy (non-hydrogen) atoms. The van der Waals surface area contributed by atoms with E-state index in [1.165, 1.54) is 30.3 Å². The number of rotatable bonds is 6. The second-order valence-electron chi connectivity index (χ2n) is 5.30. The Morgan fingerprint density at radius 3 is 2.44 bits per heavy atom. The maximum atomic E-state index is 12.5. The van der Waals surface area contributed by atoms with Gasteiger partial charge in [-0.05, 0) is 50.2 Å². The van der Waals surface area contributed by atoms with Gasteiger partial charge in [-0.1, -0.05) is 12.1 Å². The van der Waals surface area contributed by atoms with Gasteiger partial charge in [-0.25, -0.2) is 8.42 Å². The van der Waals surface area contributed by atoms with Gasteiger partial charge < -0.3 is 4.90 Å². The van der Waals surface area contributed by atoms with Crippen LogP contribution < -0.4 is 4.72 Å². The van der Waals surface area contributed by atoms with Crippen molar-refractivity contribution in [3.05, 3.63) is 59.7 Å². The van der Waals surface area contributed by atoms with Crippen LogP contribution in [0.15, 0.2) is 53.4 Å². The van der Waals surface area contributed by atoms with Gasteiger partial charge in [-0.15, -0.1) is 0 Å². The summed E-state index contributed by atoms with van der Waals surface area (Å²) in [6, 6.07) is 14.0. The van der Waals surface area contributed by atoms with E-state index < -0.39 is 10.0 Å². The van der Waals surface area contributed by atoms with Crippen LogP contribution in [-0.4, -0.2) is 32.3 Å². The number of benzene rings is 2. The van der Waals surface area contributed by atoms with Crippen LogP contribution in [-0.2, 0) is 10.0 Å². The molecule has 0 bridgehead atoms. The summed E-state index contributed by atoms with van der Waals surface area (Å²) in [5.74, 6) is -0.155. The summed E-state index contributed by atoms with van der Waals surface area (Å²) in [5, 5.41) is 8.91. The average molecular weight is 357 g/mol. The quantitative estimate of drug-likeness (QED) is 0.861. The molecule has 0 fully saturated rings. The summed E-state index contributed by atoms with van der Waals surface area (Å²) in [4.78, 5) is 14.0. The summed E-state index contributed by atoms with van der Waals surface area (Å²) in [6.45, 7) is 4.92. The number of nitriles is 1. The molecule has 0 aromatic heterocycles. The molecule has 0 saturated carbocycles. The van der Waals surface area contributed by atoms with Gasteiger partial charge in [-0.3, -0.25) is 9.52 Å². The van der Waals surface area contributed by atoms with Gasteiger partial charge in [-0.2, -0.15) is 5.26 Å². The molecule has 0 saturated heterocycles. The normalized spacial score (nSPS) is 10.8. The summed E-state index contributed by atoms with van der Waals surface area (Å²) >= 11 is 0. The Morgan fingerprint density at radius 2 is 1.80 bits per heavy atom. The number of anilines is 1. The Kier molecular flexibility index (Phi) is 5.78. The third-order valence-corrected chi connectivity index (χ3v) is 5.06. The summed E-state index contributed by atoms with van der Waals surface area (Å²) in [6.07, 6.45) is 0. The lowest BCUT2D eigenvalue weighted by molar-refractivity contribution is 0.0773. The summed E-state index contributed by atoms with van der Waals surface area (Å²) < 4.78 is 27.4. The fourth-order valence-corrected chi connectivity index (χ4v) is 3.45.